The highest BCUT2D eigenvalue weighted by Crippen LogP contribution is 2.34. The molecule has 1 aliphatic rings. The van der Waals surface area contributed by atoms with Gasteiger partial charge in [0, 0.05) is 11.6 Å². The van der Waals surface area contributed by atoms with Crippen molar-refractivity contribution < 1.29 is 14.7 Å². The van der Waals surface area contributed by atoms with E-state index < -0.39 is 5.97 Å². The molecule has 0 bridgehead atoms. The normalized spacial score (nSPS) is 16.0. The number of amides is 1. The summed E-state index contributed by atoms with van der Waals surface area (Å²) in [6.45, 7) is 0. The van der Waals surface area contributed by atoms with Gasteiger partial charge in [0.05, 0.1) is 23.8 Å². The van der Waals surface area contributed by atoms with E-state index in [0.717, 1.165) is 23.9 Å². The number of aromatic amines is 1. The number of fused-ring (bicyclic) bond motifs is 1. The highest BCUT2D eigenvalue weighted by molar-refractivity contribution is 5.97. The minimum absolute atomic E-state index is 0.0251. The lowest BCUT2D eigenvalue weighted by molar-refractivity contribution is -0.137. The number of benzene rings is 1. The van der Waals surface area contributed by atoms with Gasteiger partial charge in [0.2, 0.25) is 0 Å². The van der Waals surface area contributed by atoms with Crippen molar-refractivity contribution in [1.29, 1.82) is 0 Å². The molecule has 1 heterocycles. The standard InChI is InChI=1S/C14H15N3O3/c18-13(19)6-11(8-1-2-8)17-14(20)9-3-4-10-12(5-9)16-7-15-10/h3-5,7-8,11H,1-2,6H2,(H,15,16)(H,17,20)(H,18,19). The van der Waals surface area contributed by atoms with E-state index in [1.54, 1.807) is 24.5 Å². The molecule has 104 valence electrons. The average Bonchev–Trinajstić information content (AvgIpc) is 3.15. The lowest BCUT2D eigenvalue weighted by Crippen LogP contribution is -2.38. The van der Waals surface area contributed by atoms with Crippen LogP contribution in [0.1, 0.15) is 29.6 Å². The quantitative estimate of drug-likeness (QED) is 0.770. The fourth-order valence-corrected chi connectivity index (χ4v) is 2.35. The predicted octanol–water partition coefficient (Wildman–Crippen LogP) is 1.55. The third kappa shape index (κ3) is 2.64. The van der Waals surface area contributed by atoms with Crippen molar-refractivity contribution in [2.24, 2.45) is 5.92 Å². The van der Waals surface area contributed by atoms with E-state index in [0.29, 0.717) is 11.5 Å². The molecule has 1 fully saturated rings. The number of nitrogens with one attached hydrogen (secondary N) is 2. The molecule has 0 spiro atoms. The summed E-state index contributed by atoms with van der Waals surface area (Å²) in [7, 11) is 0. The van der Waals surface area contributed by atoms with Gasteiger partial charge in [-0.15, -0.1) is 0 Å². The average molecular weight is 273 g/mol. The largest absolute Gasteiger partial charge is 0.481 e. The van der Waals surface area contributed by atoms with Crippen LogP contribution in [0.4, 0.5) is 0 Å². The van der Waals surface area contributed by atoms with Gasteiger partial charge in [-0.3, -0.25) is 9.59 Å². The van der Waals surface area contributed by atoms with Crippen LogP contribution in [0, 0.1) is 5.92 Å². The highest BCUT2D eigenvalue weighted by atomic mass is 16.4. The molecule has 0 aliphatic heterocycles. The second-order valence-electron chi connectivity index (χ2n) is 5.15. The second-order valence-corrected chi connectivity index (χ2v) is 5.15. The first kappa shape index (κ1) is 12.7. The minimum atomic E-state index is -0.883. The number of nitrogens with zero attached hydrogens (tertiary/aromatic N) is 1. The summed E-state index contributed by atoms with van der Waals surface area (Å²) >= 11 is 0. The molecule has 1 aliphatic carbocycles. The molecule has 20 heavy (non-hydrogen) atoms. The smallest absolute Gasteiger partial charge is 0.305 e. The summed E-state index contributed by atoms with van der Waals surface area (Å²) in [5.41, 5.74) is 2.10. The van der Waals surface area contributed by atoms with Crippen molar-refractivity contribution in [3.8, 4) is 0 Å². The minimum Gasteiger partial charge on any atom is -0.481 e. The van der Waals surface area contributed by atoms with E-state index in [4.69, 9.17) is 5.11 Å². The zero-order valence-electron chi connectivity index (χ0n) is 10.8. The summed E-state index contributed by atoms with van der Waals surface area (Å²) in [5.74, 6) is -0.822. The monoisotopic (exact) mass is 273 g/mol. The van der Waals surface area contributed by atoms with Crippen LogP contribution in [0.5, 0.6) is 0 Å². The summed E-state index contributed by atoms with van der Waals surface area (Å²) < 4.78 is 0. The highest BCUT2D eigenvalue weighted by Gasteiger charge is 2.33. The van der Waals surface area contributed by atoms with Crippen LogP contribution in [0.2, 0.25) is 0 Å². The van der Waals surface area contributed by atoms with Gasteiger partial charge >= 0.3 is 5.97 Å². The van der Waals surface area contributed by atoms with Gasteiger partial charge in [0.25, 0.3) is 5.91 Å². The number of carbonyl (C=O) groups excluding carboxylic acids is 1. The lowest BCUT2D eigenvalue weighted by Gasteiger charge is -2.16. The SMILES string of the molecule is O=C(O)CC(NC(=O)c1ccc2nc[nH]c2c1)C1CC1. The van der Waals surface area contributed by atoms with Gasteiger partial charge in [-0.1, -0.05) is 0 Å². The molecule has 1 unspecified atom stereocenters. The maximum absolute atomic E-state index is 12.2. The Labute approximate surface area is 115 Å². The van der Waals surface area contributed by atoms with Crippen LogP contribution >= 0.6 is 0 Å². The zero-order chi connectivity index (χ0) is 14.1. The van der Waals surface area contributed by atoms with Gasteiger partial charge < -0.3 is 15.4 Å². The molecule has 3 rings (SSSR count). The number of carbonyl (C=O) groups is 2. The molecule has 1 saturated carbocycles. The van der Waals surface area contributed by atoms with Crippen LogP contribution in [-0.4, -0.2) is 33.0 Å². The molecule has 6 nitrogen and oxygen atoms in total. The number of hydrogen-bond donors (Lipinski definition) is 3. The summed E-state index contributed by atoms with van der Waals surface area (Å²) in [5, 5.41) is 11.7. The number of carboxylic acid groups (broad SMARTS) is 1. The van der Waals surface area contributed by atoms with Crippen molar-refractivity contribution in [2.75, 3.05) is 0 Å². The molecule has 1 atom stereocenters. The van der Waals surface area contributed by atoms with Crippen molar-refractivity contribution >= 4 is 22.9 Å². The number of H-pyrrole nitrogens is 1. The predicted molar refractivity (Wildman–Crippen MR) is 72.3 cm³/mol. The molecular formula is C14H15N3O3. The van der Waals surface area contributed by atoms with Crippen molar-refractivity contribution in [1.82, 2.24) is 15.3 Å². The van der Waals surface area contributed by atoms with Gasteiger partial charge in [-0.2, -0.15) is 0 Å². The van der Waals surface area contributed by atoms with Gasteiger partial charge in [0.1, 0.15) is 0 Å². The van der Waals surface area contributed by atoms with E-state index in [-0.39, 0.29) is 18.4 Å². The van der Waals surface area contributed by atoms with Crippen LogP contribution in [0.3, 0.4) is 0 Å². The molecule has 1 aromatic carbocycles. The van der Waals surface area contributed by atoms with E-state index in [9.17, 15) is 9.59 Å². The maximum Gasteiger partial charge on any atom is 0.305 e. The number of aliphatic carboxylic acids is 1. The Morgan fingerprint density at radius 1 is 1.45 bits per heavy atom. The Kier molecular flexibility index (Phi) is 3.14. The molecule has 3 N–H and O–H groups in total. The number of imidazole rings is 1. The summed E-state index contributed by atoms with van der Waals surface area (Å²) in [6.07, 6.45) is 3.52. The van der Waals surface area contributed by atoms with Gasteiger partial charge in [-0.25, -0.2) is 4.98 Å². The number of aromatic nitrogens is 2. The van der Waals surface area contributed by atoms with E-state index in [1.807, 2.05) is 0 Å². The number of rotatable bonds is 5. The fraction of sp³-hybridized carbons (Fsp3) is 0.357. The van der Waals surface area contributed by atoms with E-state index in [1.165, 1.54) is 0 Å². The third-order valence-electron chi connectivity index (χ3n) is 3.58. The van der Waals surface area contributed by atoms with Crippen molar-refractivity contribution in [3.63, 3.8) is 0 Å². The zero-order valence-corrected chi connectivity index (χ0v) is 10.8. The van der Waals surface area contributed by atoms with Crippen molar-refractivity contribution in [2.45, 2.75) is 25.3 Å². The maximum atomic E-state index is 12.2. The van der Waals surface area contributed by atoms with E-state index in [2.05, 4.69) is 15.3 Å². The number of carboxylic acids is 1. The van der Waals surface area contributed by atoms with Crippen LogP contribution in [-0.2, 0) is 4.79 Å². The Morgan fingerprint density at radius 3 is 2.95 bits per heavy atom. The van der Waals surface area contributed by atoms with Gasteiger partial charge in [-0.05, 0) is 37.0 Å². The van der Waals surface area contributed by atoms with Gasteiger partial charge in [0.15, 0.2) is 0 Å². The first-order valence-electron chi connectivity index (χ1n) is 6.59. The van der Waals surface area contributed by atoms with Crippen molar-refractivity contribution in [3.05, 3.63) is 30.1 Å². The molecule has 0 saturated heterocycles. The van der Waals surface area contributed by atoms with Crippen LogP contribution in [0.15, 0.2) is 24.5 Å². The molecule has 2 aromatic rings. The van der Waals surface area contributed by atoms with E-state index >= 15 is 0 Å². The lowest BCUT2D eigenvalue weighted by atomic mass is 10.1. The Balaban J connectivity index is 1.75. The number of hydrogen-bond acceptors (Lipinski definition) is 3. The first-order valence-corrected chi connectivity index (χ1v) is 6.59. The molecule has 0 radical (unpaired) electrons. The molecular weight excluding hydrogens is 258 g/mol. The Morgan fingerprint density at radius 2 is 2.25 bits per heavy atom. The topological polar surface area (TPSA) is 95.1 Å². The summed E-state index contributed by atoms with van der Waals surface area (Å²) in [4.78, 5) is 30.1. The fourth-order valence-electron chi connectivity index (χ4n) is 2.35. The summed E-state index contributed by atoms with van der Waals surface area (Å²) in [6, 6.07) is 4.91. The first-order chi connectivity index (χ1) is 9.63. The third-order valence-corrected chi connectivity index (χ3v) is 3.58. The molecule has 6 heteroatoms. The van der Waals surface area contributed by atoms with Crippen LogP contribution < -0.4 is 5.32 Å². The Bertz CT molecular complexity index is 660. The molecule has 1 aromatic heterocycles. The Hall–Kier alpha value is -2.37. The second kappa shape index (κ2) is 4.96. The molecule has 1 amide bonds. The van der Waals surface area contributed by atoms with Crippen LogP contribution in [0.25, 0.3) is 11.0 Å².